The molecule has 0 unspecified atom stereocenters. The molecule has 0 radical (unpaired) electrons. The molecule has 0 saturated carbocycles. The van der Waals surface area contributed by atoms with E-state index in [1.807, 2.05) is 31.2 Å². The Labute approximate surface area is 197 Å². The maximum absolute atomic E-state index is 12.7. The van der Waals surface area contributed by atoms with Gasteiger partial charge in [0.25, 0.3) is 0 Å². The van der Waals surface area contributed by atoms with Crippen molar-refractivity contribution < 1.29 is 19.4 Å². The van der Waals surface area contributed by atoms with Gasteiger partial charge in [-0.05, 0) is 48.9 Å². The van der Waals surface area contributed by atoms with Crippen LogP contribution in [0, 0.1) is 0 Å². The Kier molecular flexibility index (Phi) is 6.89. The summed E-state index contributed by atoms with van der Waals surface area (Å²) in [5, 5.41) is 14.7. The lowest BCUT2D eigenvalue weighted by atomic mass is 10.1. The third kappa shape index (κ3) is 4.92. The molecule has 0 bridgehead atoms. The summed E-state index contributed by atoms with van der Waals surface area (Å²) in [4.78, 5) is 22.0. The molecular weight excluding hydrogens is 432 g/mol. The van der Waals surface area contributed by atoms with Gasteiger partial charge in [-0.2, -0.15) is 0 Å². The molecule has 1 atom stereocenters. The van der Waals surface area contributed by atoms with Crippen molar-refractivity contribution in [2.75, 3.05) is 19.0 Å². The molecular formula is C26H26N4O4. The number of carbonyl (C=O) groups is 1. The van der Waals surface area contributed by atoms with Crippen LogP contribution in [0.15, 0.2) is 66.7 Å². The number of carbonyl (C=O) groups excluding carboxylic acids is 1. The van der Waals surface area contributed by atoms with Gasteiger partial charge in [-0.15, -0.1) is 0 Å². The Hall–Kier alpha value is -4.17. The lowest BCUT2D eigenvalue weighted by Gasteiger charge is -2.15. The van der Waals surface area contributed by atoms with Crippen LogP contribution in [0.2, 0.25) is 0 Å². The molecule has 0 fully saturated rings. The van der Waals surface area contributed by atoms with E-state index in [-0.39, 0.29) is 17.5 Å². The Morgan fingerprint density at radius 2 is 1.85 bits per heavy atom. The van der Waals surface area contributed by atoms with E-state index in [1.165, 1.54) is 25.3 Å². The zero-order valence-electron chi connectivity index (χ0n) is 19.0. The number of ether oxygens (including phenoxy) is 2. The summed E-state index contributed by atoms with van der Waals surface area (Å²) in [7, 11) is 1.49. The van der Waals surface area contributed by atoms with Gasteiger partial charge < -0.3 is 25.6 Å². The monoisotopic (exact) mass is 458 g/mol. The fraction of sp³-hybridized carbons (Fsp3) is 0.192. The SMILES string of the molecule is CC[C@@H](N)CNc1nc(-c2cc(OC(=O)c3ccccc3OC)ccc2O)nc2ccccc12. The second-order valence-corrected chi connectivity index (χ2v) is 7.73. The number of anilines is 1. The number of hydrogen-bond donors (Lipinski definition) is 3. The van der Waals surface area contributed by atoms with E-state index < -0.39 is 5.97 Å². The molecule has 3 aromatic carbocycles. The van der Waals surface area contributed by atoms with Crippen molar-refractivity contribution >= 4 is 22.7 Å². The molecule has 8 heteroatoms. The average Bonchev–Trinajstić information content (AvgIpc) is 2.87. The predicted octanol–water partition coefficient (Wildman–Crippen LogP) is 4.38. The van der Waals surface area contributed by atoms with Gasteiger partial charge in [0, 0.05) is 18.0 Å². The number of hydrogen-bond acceptors (Lipinski definition) is 8. The number of nitrogens with one attached hydrogen (secondary N) is 1. The van der Waals surface area contributed by atoms with E-state index >= 15 is 0 Å². The van der Waals surface area contributed by atoms with Crippen LogP contribution in [0.25, 0.3) is 22.3 Å². The highest BCUT2D eigenvalue weighted by Crippen LogP contribution is 2.33. The first-order chi connectivity index (χ1) is 16.5. The van der Waals surface area contributed by atoms with Crippen molar-refractivity contribution in [1.82, 2.24) is 9.97 Å². The normalized spacial score (nSPS) is 11.7. The molecule has 1 heterocycles. The molecule has 0 amide bonds. The number of phenols is 1. The van der Waals surface area contributed by atoms with Crippen LogP contribution in [0.4, 0.5) is 5.82 Å². The largest absolute Gasteiger partial charge is 0.507 e. The summed E-state index contributed by atoms with van der Waals surface area (Å²) in [5.41, 5.74) is 7.40. The summed E-state index contributed by atoms with van der Waals surface area (Å²) in [6, 6.07) is 18.8. The highest BCUT2D eigenvalue weighted by molar-refractivity contribution is 5.94. The molecule has 34 heavy (non-hydrogen) atoms. The zero-order chi connectivity index (χ0) is 24.1. The summed E-state index contributed by atoms with van der Waals surface area (Å²) in [6.07, 6.45) is 0.823. The molecule has 0 spiro atoms. The molecule has 0 aliphatic carbocycles. The van der Waals surface area contributed by atoms with Crippen molar-refractivity contribution in [2.24, 2.45) is 5.73 Å². The molecule has 4 rings (SSSR count). The van der Waals surface area contributed by atoms with E-state index in [4.69, 9.17) is 15.2 Å². The van der Waals surface area contributed by atoms with E-state index in [0.29, 0.717) is 40.6 Å². The van der Waals surface area contributed by atoms with Gasteiger partial charge in [-0.25, -0.2) is 14.8 Å². The number of phenolic OH excluding ortho intramolecular Hbond substituents is 1. The number of rotatable bonds is 8. The predicted molar refractivity (Wildman–Crippen MR) is 131 cm³/mol. The summed E-state index contributed by atoms with van der Waals surface area (Å²) in [5.74, 6) is 0.931. The van der Waals surface area contributed by atoms with Crippen molar-refractivity contribution in [2.45, 2.75) is 19.4 Å². The molecule has 0 saturated heterocycles. The minimum absolute atomic E-state index is 0.0247. The number of benzene rings is 3. The highest BCUT2D eigenvalue weighted by Gasteiger charge is 2.17. The Bertz CT molecular complexity index is 1330. The summed E-state index contributed by atoms with van der Waals surface area (Å²) in [6.45, 7) is 2.56. The molecule has 0 aliphatic rings. The van der Waals surface area contributed by atoms with Crippen LogP contribution in [0.3, 0.4) is 0 Å². The Balaban J connectivity index is 1.70. The van der Waals surface area contributed by atoms with Crippen molar-refractivity contribution in [1.29, 1.82) is 0 Å². The minimum atomic E-state index is -0.579. The number of aromatic nitrogens is 2. The van der Waals surface area contributed by atoms with Gasteiger partial charge in [0.2, 0.25) is 0 Å². The highest BCUT2D eigenvalue weighted by atomic mass is 16.5. The lowest BCUT2D eigenvalue weighted by Crippen LogP contribution is -2.28. The second-order valence-electron chi connectivity index (χ2n) is 7.73. The zero-order valence-corrected chi connectivity index (χ0v) is 19.0. The number of esters is 1. The molecule has 4 N–H and O–H groups in total. The number of nitrogens with two attached hydrogens (primary N) is 1. The average molecular weight is 459 g/mol. The number of nitrogens with zero attached hydrogens (tertiary/aromatic N) is 2. The second kappa shape index (κ2) is 10.2. The van der Waals surface area contributed by atoms with Crippen molar-refractivity contribution in [3.63, 3.8) is 0 Å². The van der Waals surface area contributed by atoms with Gasteiger partial charge in [-0.3, -0.25) is 0 Å². The van der Waals surface area contributed by atoms with Gasteiger partial charge in [0.1, 0.15) is 28.6 Å². The van der Waals surface area contributed by atoms with Crippen molar-refractivity contribution in [3.05, 3.63) is 72.3 Å². The lowest BCUT2D eigenvalue weighted by molar-refractivity contribution is 0.0731. The van der Waals surface area contributed by atoms with Crippen molar-refractivity contribution in [3.8, 4) is 28.6 Å². The number of aromatic hydroxyl groups is 1. The minimum Gasteiger partial charge on any atom is -0.507 e. The van der Waals surface area contributed by atoms with E-state index in [1.54, 1.807) is 24.3 Å². The summed E-state index contributed by atoms with van der Waals surface area (Å²) < 4.78 is 10.8. The Morgan fingerprint density at radius 3 is 2.65 bits per heavy atom. The van der Waals surface area contributed by atoms with Gasteiger partial charge in [0.05, 0.1) is 18.2 Å². The van der Waals surface area contributed by atoms with Gasteiger partial charge in [-0.1, -0.05) is 31.2 Å². The van der Waals surface area contributed by atoms with Crippen LogP contribution >= 0.6 is 0 Å². The molecule has 0 aliphatic heterocycles. The molecule has 1 aromatic heterocycles. The van der Waals surface area contributed by atoms with Crippen LogP contribution in [0.5, 0.6) is 17.2 Å². The van der Waals surface area contributed by atoms with Gasteiger partial charge >= 0.3 is 5.97 Å². The first kappa shape index (κ1) is 23.0. The topological polar surface area (TPSA) is 120 Å². The first-order valence-electron chi connectivity index (χ1n) is 10.9. The fourth-order valence-electron chi connectivity index (χ4n) is 3.44. The van der Waals surface area contributed by atoms with Crippen LogP contribution in [-0.2, 0) is 0 Å². The summed E-state index contributed by atoms with van der Waals surface area (Å²) >= 11 is 0. The number of para-hydroxylation sites is 2. The van der Waals surface area contributed by atoms with Gasteiger partial charge in [0.15, 0.2) is 5.82 Å². The Morgan fingerprint density at radius 1 is 1.09 bits per heavy atom. The van der Waals surface area contributed by atoms with Crippen LogP contribution < -0.4 is 20.5 Å². The van der Waals surface area contributed by atoms with E-state index in [2.05, 4.69) is 15.3 Å². The number of fused-ring (bicyclic) bond motifs is 1. The van der Waals surface area contributed by atoms with E-state index in [0.717, 1.165) is 11.8 Å². The third-order valence-electron chi connectivity index (χ3n) is 5.41. The smallest absolute Gasteiger partial charge is 0.347 e. The maximum atomic E-state index is 12.7. The van der Waals surface area contributed by atoms with Crippen LogP contribution in [0.1, 0.15) is 23.7 Å². The third-order valence-corrected chi connectivity index (χ3v) is 5.41. The molecule has 174 valence electrons. The fourth-order valence-corrected chi connectivity index (χ4v) is 3.44. The maximum Gasteiger partial charge on any atom is 0.347 e. The first-order valence-corrected chi connectivity index (χ1v) is 10.9. The molecule has 8 nitrogen and oxygen atoms in total. The number of methoxy groups -OCH3 is 1. The standard InChI is InChI=1S/C26H26N4O4/c1-3-16(27)15-28-24-18-8-4-6-10-21(18)29-25(30-24)20-14-17(12-13-22(20)31)34-26(32)19-9-5-7-11-23(19)33-2/h4-14,16,31H,3,15,27H2,1-2H3,(H,28,29,30)/t16-/m1/s1. The molecule has 4 aromatic rings. The van der Waals surface area contributed by atoms with Crippen LogP contribution in [-0.4, -0.2) is 40.7 Å². The van der Waals surface area contributed by atoms with E-state index in [9.17, 15) is 9.90 Å². The quantitative estimate of drug-likeness (QED) is 0.263.